The number of aromatic nitrogens is 4. The summed E-state index contributed by atoms with van der Waals surface area (Å²) in [6, 6.07) is 5.87. The van der Waals surface area contributed by atoms with Crippen molar-refractivity contribution in [1.82, 2.24) is 19.3 Å². The molecule has 0 saturated carbocycles. The summed E-state index contributed by atoms with van der Waals surface area (Å²) in [6.45, 7) is 2.91. The molecule has 0 aliphatic heterocycles. The molecule has 0 N–H and O–H groups in total. The standard InChI is InChI=1S/C18H15F3N4O3.C4H10O2/c1-10-14(13-7-8-22-24(13)2)23-15(17(27)28-3)16(26)25(10)12-6-4-5-11(9-12)18(19,20)21;1-5-3-4-6-2/h4-9H,1-3H3;3-4H2,1-2H3. The van der Waals surface area contributed by atoms with Gasteiger partial charge in [-0.3, -0.25) is 14.0 Å². The molecule has 34 heavy (non-hydrogen) atoms. The van der Waals surface area contributed by atoms with Crippen molar-refractivity contribution in [3.05, 3.63) is 63.8 Å². The van der Waals surface area contributed by atoms with Crippen molar-refractivity contribution in [3.8, 4) is 17.1 Å². The molecule has 3 aromatic rings. The van der Waals surface area contributed by atoms with E-state index in [2.05, 4.69) is 24.3 Å². The number of aryl methyl sites for hydroxylation is 1. The number of methoxy groups -OCH3 is 3. The second kappa shape index (κ2) is 11.6. The molecule has 0 spiro atoms. The molecule has 0 unspecified atom stereocenters. The molecule has 2 aromatic heterocycles. The first kappa shape index (κ1) is 26.7. The normalized spacial score (nSPS) is 11.1. The lowest BCUT2D eigenvalue weighted by Crippen LogP contribution is -2.30. The predicted octanol–water partition coefficient (Wildman–Crippen LogP) is 3.03. The van der Waals surface area contributed by atoms with Gasteiger partial charge in [-0.15, -0.1) is 0 Å². The Labute approximate surface area is 193 Å². The van der Waals surface area contributed by atoms with E-state index < -0.39 is 29.0 Å². The van der Waals surface area contributed by atoms with E-state index in [0.717, 1.165) is 23.8 Å². The first-order chi connectivity index (χ1) is 16.1. The number of ether oxygens (including phenoxy) is 3. The Balaban J connectivity index is 0.000000604. The molecule has 0 fully saturated rings. The lowest BCUT2D eigenvalue weighted by molar-refractivity contribution is -0.137. The fraction of sp³-hybridized carbons (Fsp3) is 0.364. The summed E-state index contributed by atoms with van der Waals surface area (Å²) in [6.07, 6.45) is -3.09. The zero-order chi connectivity index (χ0) is 25.5. The van der Waals surface area contributed by atoms with Crippen LogP contribution in [-0.2, 0) is 27.4 Å². The van der Waals surface area contributed by atoms with Gasteiger partial charge in [-0.2, -0.15) is 18.3 Å². The molecule has 3 rings (SSSR count). The maximum absolute atomic E-state index is 13.1. The zero-order valence-corrected chi connectivity index (χ0v) is 19.3. The van der Waals surface area contributed by atoms with Gasteiger partial charge in [0.15, 0.2) is 0 Å². The van der Waals surface area contributed by atoms with Gasteiger partial charge in [0.25, 0.3) is 5.56 Å². The maximum Gasteiger partial charge on any atom is 0.416 e. The van der Waals surface area contributed by atoms with Crippen molar-refractivity contribution in [3.63, 3.8) is 0 Å². The molecule has 2 heterocycles. The van der Waals surface area contributed by atoms with E-state index in [1.165, 1.54) is 29.9 Å². The zero-order valence-electron chi connectivity index (χ0n) is 19.3. The summed E-state index contributed by atoms with van der Waals surface area (Å²) in [5.74, 6) is -0.992. The molecule has 0 bridgehead atoms. The van der Waals surface area contributed by atoms with Crippen molar-refractivity contribution >= 4 is 5.97 Å². The van der Waals surface area contributed by atoms with Gasteiger partial charge >= 0.3 is 12.1 Å². The lowest BCUT2D eigenvalue weighted by atomic mass is 10.1. The SMILES string of the molecule is COC(=O)c1nc(-c2ccnn2C)c(C)n(-c2cccc(C(F)(F)F)c2)c1=O.COCCOC. The van der Waals surface area contributed by atoms with Crippen LogP contribution in [0.15, 0.2) is 41.3 Å². The van der Waals surface area contributed by atoms with Crippen LogP contribution in [0, 0.1) is 6.92 Å². The third-order valence-electron chi connectivity index (χ3n) is 4.67. The van der Waals surface area contributed by atoms with Crippen LogP contribution in [0.3, 0.4) is 0 Å². The molecule has 0 aliphatic carbocycles. The number of rotatable bonds is 6. The van der Waals surface area contributed by atoms with Gasteiger partial charge in [0, 0.05) is 33.2 Å². The average Bonchev–Trinajstić information content (AvgIpc) is 3.23. The number of benzene rings is 1. The van der Waals surface area contributed by atoms with Gasteiger partial charge in [0.1, 0.15) is 5.69 Å². The molecule has 9 nitrogen and oxygen atoms in total. The molecule has 0 radical (unpaired) electrons. The summed E-state index contributed by atoms with van der Waals surface area (Å²) < 4.78 is 55.8. The number of hydrogen-bond donors (Lipinski definition) is 0. The first-order valence-corrected chi connectivity index (χ1v) is 9.92. The number of nitrogens with zero attached hydrogens (tertiary/aromatic N) is 4. The fourth-order valence-corrected chi connectivity index (χ4v) is 2.98. The van der Waals surface area contributed by atoms with Gasteiger partial charge in [0.05, 0.1) is 37.3 Å². The van der Waals surface area contributed by atoms with E-state index in [0.29, 0.717) is 18.9 Å². The number of carbonyl (C=O) groups excluding carboxylic acids is 1. The molecule has 0 aliphatic rings. The Hall–Kier alpha value is -3.51. The van der Waals surface area contributed by atoms with Crippen LogP contribution in [-0.4, -0.2) is 59.8 Å². The second-order valence-corrected chi connectivity index (χ2v) is 6.90. The summed E-state index contributed by atoms with van der Waals surface area (Å²) in [5.41, 5.74) is -1.44. The Bertz CT molecular complexity index is 1180. The van der Waals surface area contributed by atoms with Crippen molar-refractivity contribution in [2.24, 2.45) is 7.05 Å². The van der Waals surface area contributed by atoms with E-state index in [1.54, 1.807) is 27.3 Å². The monoisotopic (exact) mass is 482 g/mol. The van der Waals surface area contributed by atoms with Crippen LogP contribution < -0.4 is 5.56 Å². The van der Waals surface area contributed by atoms with Crippen LogP contribution in [0.2, 0.25) is 0 Å². The maximum atomic E-state index is 13.1. The van der Waals surface area contributed by atoms with Crippen molar-refractivity contribution in [2.45, 2.75) is 13.1 Å². The van der Waals surface area contributed by atoms with Crippen molar-refractivity contribution < 1.29 is 32.2 Å². The molecule has 184 valence electrons. The number of alkyl halides is 3. The third kappa shape index (κ3) is 6.08. The Morgan fingerprint density at radius 3 is 2.24 bits per heavy atom. The van der Waals surface area contributed by atoms with Crippen molar-refractivity contribution in [2.75, 3.05) is 34.5 Å². The van der Waals surface area contributed by atoms with Crippen LogP contribution in [0.1, 0.15) is 21.7 Å². The largest absolute Gasteiger partial charge is 0.464 e. The van der Waals surface area contributed by atoms with E-state index in [9.17, 15) is 22.8 Å². The predicted molar refractivity (Wildman–Crippen MR) is 117 cm³/mol. The highest BCUT2D eigenvalue weighted by Gasteiger charge is 2.31. The van der Waals surface area contributed by atoms with Gasteiger partial charge in [-0.1, -0.05) is 6.07 Å². The summed E-state index contributed by atoms with van der Waals surface area (Å²) in [4.78, 5) is 29.0. The van der Waals surface area contributed by atoms with Gasteiger partial charge < -0.3 is 14.2 Å². The van der Waals surface area contributed by atoms with Crippen LogP contribution in [0.4, 0.5) is 13.2 Å². The highest BCUT2D eigenvalue weighted by Crippen LogP contribution is 2.31. The average molecular weight is 482 g/mol. The molecule has 0 saturated heterocycles. The Kier molecular flexibility index (Phi) is 9.10. The lowest BCUT2D eigenvalue weighted by Gasteiger charge is -2.16. The van der Waals surface area contributed by atoms with Crippen LogP contribution in [0.5, 0.6) is 0 Å². The highest BCUT2D eigenvalue weighted by molar-refractivity contribution is 5.87. The molecular weight excluding hydrogens is 457 g/mol. The summed E-state index contributed by atoms with van der Waals surface area (Å²) >= 11 is 0. The van der Waals surface area contributed by atoms with Crippen LogP contribution in [0.25, 0.3) is 17.1 Å². The molecular formula is C22H25F3N4O5. The van der Waals surface area contributed by atoms with Gasteiger partial charge in [-0.25, -0.2) is 9.78 Å². The number of carbonyl (C=O) groups is 1. The minimum atomic E-state index is -4.59. The minimum absolute atomic E-state index is 0.0479. The van der Waals surface area contributed by atoms with Crippen molar-refractivity contribution in [1.29, 1.82) is 0 Å². The third-order valence-corrected chi connectivity index (χ3v) is 4.67. The van der Waals surface area contributed by atoms with Gasteiger partial charge in [-0.05, 0) is 31.2 Å². The summed E-state index contributed by atoms with van der Waals surface area (Å²) in [7, 11) is 6.02. The quantitative estimate of drug-likeness (QED) is 0.394. The van der Waals surface area contributed by atoms with Gasteiger partial charge in [0.2, 0.25) is 5.69 Å². The van der Waals surface area contributed by atoms with Crippen LogP contribution >= 0.6 is 0 Å². The Morgan fingerprint density at radius 2 is 1.74 bits per heavy atom. The number of hydrogen-bond acceptors (Lipinski definition) is 7. The fourth-order valence-electron chi connectivity index (χ4n) is 2.98. The molecule has 12 heteroatoms. The Morgan fingerprint density at radius 1 is 1.09 bits per heavy atom. The van der Waals surface area contributed by atoms with E-state index in [1.807, 2.05) is 0 Å². The summed E-state index contributed by atoms with van der Waals surface area (Å²) in [5, 5.41) is 4.02. The van der Waals surface area contributed by atoms with E-state index >= 15 is 0 Å². The minimum Gasteiger partial charge on any atom is -0.464 e. The highest BCUT2D eigenvalue weighted by atomic mass is 19.4. The molecule has 0 amide bonds. The molecule has 1 aromatic carbocycles. The van der Waals surface area contributed by atoms with E-state index in [-0.39, 0.29) is 17.1 Å². The van der Waals surface area contributed by atoms with E-state index in [4.69, 9.17) is 0 Å². The second-order valence-electron chi connectivity index (χ2n) is 6.90. The number of esters is 1. The first-order valence-electron chi connectivity index (χ1n) is 9.92. The smallest absolute Gasteiger partial charge is 0.416 e. The topological polar surface area (TPSA) is 97.5 Å². The number of halogens is 3. The molecule has 0 atom stereocenters.